The van der Waals surface area contributed by atoms with Crippen LogP contribution in [0.25, 0.3) is 21.6 Å². The number of anilines is 1. The van der Waals surface area contributed by atoms with E-state index < -0.39 is 0 Å². The lowest BCUT2D eigenvalue weighted by molar-refractivity contribution is 0.277. The number of rotatable bonds is 5. The highest BCUT2D eigenvalue weighted by atomic mass is 32.1. The fourth-order valence-corrected chi connectivity index (χ4v) is 5.77. The first-order valence-corrected chi connectivity index (χ1v) is 10.9. The van der Waals surface area contributed by atoms with Crippen molar-refractivity contribution < 1.29 is 0 Å². The molecule has 1 atom stereocenters. The van der Waals surface area contributed by atoms with E-state index in [1.54, 1.807) is 6.20 Å². The third kappa shape index (κ3) is 3.11. The molecule has 3 aromatic rings. The molecule has 0 saturated carbocycles. The summed E-state index contributed by atoms with van der Waals surface area (Å²) >= 11 is 1.85. The van der Waals surface area contributed by atoms with Gasteiger partial charge in [-0.15, -0.1) is 11.3 Å². The van der Waals surface area contributed by atoms with Gasteiger partial charge >= 0.3 is 0 Å². The minimum absolute atomic E-state index is 0.605. The molecule has 1 saturated heterocycles. The number of likely N-dealkylation sites (N-methyl/N-ethyl adjacent to an activating group) is 1. The molecule has 27 heavy (non-hydrogen) atoms. The third-order valence-electron chi connectivity index (χ3n) is 5.89. The number of pyridine rings is 1. The molecular formula is C21H25N5S. The molecule has 1 aliphatic carbocycles. The van der Waals surface area contributed by atoms with E-state index in [9.17, 15) is 0 Å². The molecule has 0 bridgehead atoms. The number of nitrogens with one attached hydrogen (secondary N) is 1. The maximum Gasteiger partial charge on any atom is 0.164 e. The molecule has 5 nitrogen and oxygen atoms in total. The van der Waals surface area contributed by atoms with E-state index >= 15 is 0 Å². The first-order chi connectivity index (χ1) is 13.3. The molecule has 0 amide bonds. The second kappa shape index (κ2) is 7.17. The van der Waals surface area contributed by atoms with Gasteiger partial charge in [0.05, 0.1) is 5.39 Å². The number of thiophene rings is 1. The van der Waals surface area contributed by atoms with Crippen LogP contribution in [-0.4, -0.2) is 45.5 Å². The van der Waals surface area contributed by atoms with E-state index in [1.165, 1.54) is 48.1 Å². The van der Waals surface area contributed by atoms with Crippen molar-refractivity contribution in [1.29, 1.82) is 0 Å². The van der Waals surface area contributed by atoms with Crippen molar-refractivity contribution >= 4 is 27.4 Å². The number of nitrogens with zero attached hydrogens (tertiary/aromatic N) is 4. The Kier molecular flexibility index (Phi) is 4.53. The lowest BCUT2D eigenvalue weighted by atomic mass is 10.1. The van der Waals surface area contributed by atoms with Gasteiger partial charge < -0.3 is 5.32 Å². The fourth-order valence-electron chi connectivity index (χ4n) is 4.50. The van der Waals surface area contributed by atoms with E-state index in [2.05, 4.69) is 22.1 Å². The summed E-state index contributed by atoms with van der Waals surface area (Å²) in [4.78, 5) is 19.3. The summed E-state index contributed by atoms with van der Waals surface area (Å²) in [6.07, 6.45) is 9.81. The standard InChI is InChI=1S/C21H25N5S/c1-2-26-11-5-7-15(26)13-23-20-18-16-8-3-9-17(16)27-21(18)25-19(24-20)14-6-4-10-22-12-14/h4,6,10,12,15H,2-3,5,7-9,11,13H2,1H3,(H,23,24,25)/t15-/m1/s1. The summed E-state index contributed by atoms with van der Waals surface area (Å²) in [7, 11) is 0. The number of likely N-dealkylation sites (tertiary alicyclic amines) is 1. The maximum atomic E-state index is 4.96. The normalized spacial score (nSPS) is 19.7. The van der Waals surface area contributed by atoms with E-state index in [0.717, 1.165) is 41.5 Å². The maximum absolute atomic E-state index is 4.96. The molecule has 1 fully saturated rings. The van der Waals surface area contributed by atoms with Crippen LogP contribution in [0.2, 0.25) is 0 Å². The second-order valence-electron chi connectivity index (χ2n) is 7.48. The largest absolute Gasteiger partial charge is 0.368 e. The van der Waals surface area contributed by atoms with Crippen LogP contribution in [0.15, 0.2) is 24.5 Å². The Morgan fingerprint density at radius 2 is 2.22 bits per heavy atom. The molecule has 3 aromatic heterocycles. The lowest BCUT2D eigenvalue weighted by Crippen LogP contribution is -2.34. The van der Waals surface area contributed by atoms with Gasteiger partial charge in [-0.05, 0) is 62.9 Å². The topological polar surface area (TPSA) is 53.9 Å². The third-order valence-corrected chi connectivity index (χ3v) is 7.08. The number of aromatic nitrogens is 3. The highest BCUT2D eigenvalue weighted by Gasteiger charge is 2.25. The minimum atomic E-state index is 0.605. The quantitative estimate of drug-likeness (QED) is 0.722. The molecule has 6 heteroatoms. The Labute approximate surface area is 163 Å². The van der Waals surface area contributed by atoms with Crippen LogP contribution in [0, 0.1) is 0 Å². The molecule has 0 spiro atoms. The number of fused-ring (bicyclic) bond motifs is 3. The first kappa shape index (κ1) is 17.1. The van der Waals surface area contributed by atoms with Crippen LogP contribution < -0.4 is 5.32 Å². The zero-order valence-corrected chi connectivity index (χ0v) is 16.6. The Balaban J connectivity index is 1.54. The number of hydrogen-bond acceptors (Lipinski definition) is 6. The number of aryl methyl sites for hydroxylation is 2. The van der Waals surface area contributed by atoms with Crippen LogP contribution in [0.1, 0.15) is 36.6 Å². The lowest BCUT2D eigenvalue weighted by Gasteiger charge is -2.23. The van der Waals surface area contributed by atoms with E-state index in [0.29, 0.717) is 6.04 Å². The Morgan fingerprint density at radius 3 is 3.07 bits per heavy atom. The monoisotopic (exact) mass is 379 g/mol. The Bertz CT molecular complexity index is 952. The van der Waals surface area contributed by atoms with Gasteiger partial charge in [0.2, 0.25) is 0 Å². The van der Waals surface area contributed by atoms with Crippen molar-refractivity contribution in [1.82, 2.24) is 19.9 Å². The van der Waals surface area contributed by atoms with Crippen LogP contribution in [-0.2, 0) is 12.8 Å². The van der Waals surface area contributed by atoms with Crippen LogP contribution in [0.3, 0.4) is 0 Å². The first-order valence-electron chi connectivity index (χ1n) is 10.0. The second-order valence-corrected chi connectivity index (χ2v) is 8.56. The predicted octanol–water partition coefficient (Wildman–Crippen LogP) is 4.14. The molecule has 1 N–H and O–H groups in total. The summed E-state index contributed by atoms with van der Waals surface area (Å²) in [5.41, 5.74) is 2.46. The zero-order valence-electron chi connectivity index (χ0n) is 15.7. The average Bonchev–Trinajstić information content (AvgIpc) is 3.41. The van der Waals surface area contributed by atoms with Crippen molar-refractivity contribution in [2.45, 2.75) is 45.1 Å². The van der Waals surface area contributed by atoms with Gasteiger partial charge in [0.1, 0.15) is 10.6 Å². The summed E-state index contributed by atoms with van der Waals surface area (Å²) in [5.74, 6) is 1.79. The summed E-state index contributed by atoms with van der Waals surface area (Å²) in [6.45, 7) is 5.56. The van der Waals surface area contributed by atoms with Gasteiger partial charge in [-0.25, -0.2) is 9.97 Å². The number of hydrogen-bond donors (Lipinski definition) is 1. The summed E-state index contributed by atoms with van der Waals surface area (Å²) in [5, 5.41) is 4.98. The van der Waals surface area contributed by atoms with Crippen LogP contribution >= 0.6 is 11.3 Å². The van der Waals surface area contributed by atoms with Crippen molar-refractivity contribution in [2.75, 3.05) is 25.0 Å². The van der Waals surface area contributed by atoms with E-state index in [4.69, 9.17) is 9.97 Å². The van der Waals surface area contributed by atoms with Gasteiger partial charge in [0.25, 0.3) is 0 Å². The highest BCUT2D eigenvalue weighted by molar-refractivity contribution is 7.19. The van der Waals surface area contributed by atoms with Gasteiger partial charge in [0, 0.05) is 35.4 Å². The average molecular weight is 380 g/mol. The van der Waals surface area contributed by atoms with Crippen molar-refractivity contribution in [3.8, 4) is 11.4 Å². The SMILES string of the molecule is CCN1CCC[C@@H]1CNc1nc(-c2cccnc2)nc2sc3c(c12)CCC3. The van der Waals surface area contributed by atoms with E-state index in [-0.39, 0.29) is 0 Å². The molecule has 140 valence electrons. The van der Waals surface area contributed by atoms with Gasteiger partial charge in [-0.2, -0.15) is 0 Å². The Hall–Kier alpha value is -2.05. The molecule has 0 aromatic carbocycles. The predicted molar refractivity (Wildman–Crippen MR) is 111 cm³/mol. The van der Waals surface area contributed by atoms with Crippen molar-refractivity contribution in [3.05, 3.63) is 35.0 Å². The molecule has 4 heterocycles. The molecule has 0 unspecified atom stereocenters. The minimum Gasteiger partial charge on any atom is -0.368 e. The summed E-state index contributed by atoms with van der Waals surface area (Å²) in [6, 6.07) is 4.59. The molecule has 0 radical (unpaired) electrons. The van der Waals surface area contributed by atoms with Gasteiger partial charge in [-0.1, -0.05) is 6.92 Å². The fraction of sp³-hybridized carbons (Fsp3) is 0.476. The van der Waals surface area contributed by atoms with Crippen LogP contribution in [0.4, 0.5) is 5.82 Å². The Morgan fingerprint density at radius 1 is 1.26 bits per heavy atom. The van der Waals surface area contributed by atoms with Crippen molar-refractivity contribution in [3.63, 3.8) is 0 Å². The summed E-state index contributed by atoms with van der Waals surface area (Å²) < 4.78 is 0. The van der Waals surface area contributed by atoms with Crippen molar-refractivity contribution in [2.24, 2.45) is 0 Å². The van der Waals surface area contributed by atoms with Gasteiger partial charge in [0.15, 0.2) is 5.82 Å². The van der Waals surface area contributed by atoms with E-state index in [1.807, 2.05) is 29.7 Å². The molecule has 1 aliphatic heterocycles. The van der Waals surface area contributed by atoms with Crippen LogP contribution in [0.5, 0.6) is 0 Å². The zero-order chi connectivity index (χ0) is 18.2. The molecular weight excluding hydrogens is 354 g/mol. The molecule has 2 aliphatic rings. The van der Waals surface area contributed by atoms with Gasteiger partial charge in [-0.3, -0.25) is 9.88 Å². The smallest absolute Gasteiger partial charge is 0.164 e. The molecule has 5 rings (SSSR count). The highest BCUT2D eigenvalue weighted by Crippen LogP contribution is 2.40.